The Labute approximate surface area is 121 Å². The summed E-state index contributed by atoms with van der Waals surface area (Å²) in [6.45, 7) is 7.62. The molecule has 1 aromatic carbocycles. The highest BCUT2D eigenvalue weighted by Gasteiger charge is 2.28. The van der Waals surface area contributed by atoms with Crippen LogP contribution in [-0.2, 0) is 4.79 Å². The van der Waals surface area contributed by atoms with Crippen molar-refractivity contribution < 1.29 is 4.79 Å². The number of anilines is 2. The van der Waals surface area contributed by atoms with E-state index in [0.29, 0.717) is 0 Å². The van der Waals surface area contributed by atoms with Crippen LogP contribution in [0.15, 0.2) is 29.3 Å². The summed E-state index contributed by atoms with van der Waals surface area (Å²) in [6, 6.07) is 3.34. The second-order valence-corrected chi connectivity index (χ2v) is 5.45. The molecule has 0 spiro atoms. The van der Waals surface area contributed by atoms with Crippen LogP contribution < -0.4 is 16.0 Å². The van der Waals surface area contributed by atoms with Crippen molar-refractivity contribution in [1.29, 1.82) is 0 Å². The predicted molar refractivity (Wildman–Crippen MR) is 82.4 cm³/mol. The van der Waals surface area contributed by atoms with E-state index in [1.165, 1.54) is 0 Å². The Morgan fingerprint density at radius 1 is 1.58 bits per heavy atom. The number of nitrogens with one attached hydrogen (secondary N) is 1. The van der Waals surface area contributed by atoms with E-state index in [9.17, 15) is 4.79 Å². The van der Waals surface area contributed by atoms with Gasteiger partial charge in [-0.25, -0.2) is 0 Å². The van der Waals surface area contributed by atoms with Gasteiger partial charge in [0.05, 0.1) is 5.69 Å². The van der Waals surface area contributed by atoms with Crippen LogP contribution in [-0.4, -0.2) is 19.0 Å². The molecule has 0 fully saturated rings. The van der Waals surface area contributed by atoms with Crippen molar-refractivity contribution in [3.63, 3.8) is 0 Å². The van der Waals surface area contributed by atoms with Crippen molar-refractivity contribution in [3.8, 4) is 0 Å². The molecule has 0 bridgehead atoms. The minimum atomic E-state index is -0.570. The molecule has 1 aliphatic heterocycles. The number of hydrogen-bond acceptors (Lipinski definition) is 3. The lowest BCUT2D eigenvalue weighted by Crippen LogP contribution is -2.24. The van der Waals surface area contributed by atoms with Gasteiger partial charge in [-0.3, -0.25) is 4.79 Å². The first-order valence-electron chi connectivity index (χ1n) is 6.34. The van der Waals surface area contributed by atoms with Crippen LogP contribution in [0, 0.1) is 0 Å². The highest BCUT2D eigenvalue weighted by molar-refractivity contribution is 9.10. The van der Waals surface area contributed by atoms with Gasteiger partial charge in [-0.15, -0.1) is 6.58 Å². The highest BCUT2D eigenvalue weighted by atomic mass is 79.9. The maximum absolute atomic E-state index is 11.6. The average Bonchev–Trinajstić information content (AvgIpc) is 2.64. The van der Waals surface area contributed by atoms with E-state index in [1.807, 2.05) is 18.2 Å². The van der Waals surface area contributed by atoms with E-state index >= 15 is 0 Å². The third-order valence-electron chi connectivity index (χ3n) is 3.18. The number of carbonyl (C=O) groups is 1. The van der Waals surface area contributed by atoms with Gasteiger partial charge in [0.1, 0.15) is 6.04 Å². The summed E-state index contributed by atoms with van der Waals surface area (Å²) in [7, 11) is 0. The molecule has 1 heterocycles. The van der Waals surface area contributed by atoms with Crippen molar-refractivity contribution in [2.24, 2.45) is 5.73 Å². The number of halogens is 1. The first kappa shape index (κ1) is 14.1. The molecule has 1 unspecified atom stereocenters. The summed E-state index contributed by atoms with van der Waals surface area (Å²) in [4.78, 5) is 13.8. The first-order chi connectivity index (χ1) is 9.08. The van der Waals surface area contributed by atoms with Crippen molar-refractivity contribution in [3.05, 3.63) is 34.8 Å². The third kappa shape index (κ3) is 2.67. The van der Waals surface area contributed by atoms with E-state index in [0.717, 1.165) is 40.9 Å². The molecule has 2 rings (SSSR count). The second-order valence-electron chi connectivity index (χ2n) is 4.59. The van der Waals surface area contributed by atoms with E-state index in [-0.39, 0.29) is 5.91 Å². The van der Waals surface area contributed by atoms with Crippen LogP contribution in [0.4, 0.5) is 11.4 Å². The summed E-state index contributed by atoms with van der Waals surface area (Å²) in [5.74, 6) is -0.148. The molecule has 1 aromatic rings. The summed E-state index contributed by atoms with van der Waals surface area (Å²) in [6.07, 6.45) is 2.92. The maximum atomic E-state index is 11.6. The van der Waals surface area contributed by atoms with E-state index in [2.05, 4.69) is 39.6 Å². The van der Waals surface area contributed by atoms with Gasteiger partial charge < -0.3 is 16.0 Å². The quantitative estimate of drug-likeness (QED) is 0.819. The molecule has 19 heavy (non-hydrogen) atoms. The molecule has 5 heteroatoms. The molecule has 102 valence electrons. The van der Waals surface area contributed by atoms with Crippen molar-refractivity contribution in [2.45, 2.75) is 19.4 Å². The second kappa shape index (κ2) is 5.75. The summed E-state index contributed by atoms with van der Waals surface area (Å²) in [5, 5.41) is 2.82. The molecule has 0 aromatic heterocycles. The Morgan fingerprint density at radius 3 is 2.95 bits per heavy atom. The Balaban J connectivity index is 2.40. The fourth-order valence-electron chi connectivity index (χ4n) is 2.27. The minimum Gasteiger partial charge on any atom is -0.367 e. The topological polar surface area (TPSA) is 58.4 Å². The fourth-order valence-corrected chi connectivity index (χ4v) is 2.88. The minimum absolute atomic E-state index is 0.148. The average molecular weight is 324 g/mol. The molecule has 3 N–H and O–H groups in total. The molecular weight excluding hydrogens is 306 g/mol. The number of hydrogen-bond donors (Lipinski definition) is 2. The Hall–Kier alpha value is -1.33. The van der Waals surface area contributed by atoms with Crippen LogP contribution in [0.2, 0.25) is 0 Å². The fraction of sp³-hybridized carbons (Fsp3) is 0.357. The molecule has 0 aliphatic carbocycles. The number of nitrogens with zero attached hydrogens (tertiary/aromatic N) is 1. The molecule has 0 radical (unpaired) electrons. The van der Waals surface area contributed by atoms with Crippen LogP contribution in [0.5, 0.6) is 0 Å². The lowest BCUT2D eigenvalue weighted by Gasteiger charge is -2.24. The Kier molecular flexibility index (Phi) is 4.27. The predicted octanol–water partition coefficient (Wildman–Crippen LogP) is 2.80. The molecule has 1 aliphatic rings. The normalized spacial score (nSPS) is 17.0. The van der Waals surface area contributed by atoms with Crippen LogP contribution >= 0.6 is 15.9 Å². The van der Waals surface area contributed by atoms with Gasteiger partial charge in [0, 0.05) is 28.8 Å². The molecule has 0 saturated carbocycles. The number of rotatable bonds is 5. The lowest BCUT2D eigenvalue weighted by molar-refractivity contribution is -0.116. The van der Waals surface area contributed by atoms with Gasteiger partial charge in [0.15, 0.2) is 0 Å². The lowest BCUT2D eigenvalue weighted by atomic mass is 10.1. The summed E-state index contributed by atoms with van der Waals surface area (Å²) < 4.78 is 0.952. The van der Waals surface area contributed by atoms with Gasteiger partial charge in [-0.1, -0.05) is 13.0 Å². The largest absolute Gasteiger partial charge is 0.367 e. The first-order valence-corrected chi connectivity index (χ1v) is 7.13. The third-order valence-corrected chi connectivity index (χ3v) is 3.81. The van der Waals surface area contributed by atoms with Crippen LogP contribution in [0.25, 0.3) is 0 Å². The molecule has 1 atom stereocenters. The molecule has 0 saturated heterocycles. The smallest absolute Gasteiger partial charge is 0.245 e. The molecular formula is C14H18BrN3O. The monoisotopic (exact) mass is 323 g/mol. The summed E-state index contributed by atoms with van der Waals surface area (Å²) in [5.41, 5.74) is 8.54. The van der Waals surface area contributed by atoms with Gasteiger partial charge in [0.2, 0.25) is 5.91 Å². The van der Waals surface area contributed by atoms with Gasteiger partial charge in [-0.2, -0.15) is 0 Å². The summed E-state index contributed by atoms with van der Waals surface area (Å²) >= 11 is 3.57. The van der Waals surface area contributed by atoms with E-state index in [4.69, 9.17) is 5.73 Å². The van der Waals surface area contributed by atoms with Crippen LogP contribution in [0.3, 0.4) is 0 Å². The van der Waals surface area contributed by atoms with E-state index in [1.54, 1.807) is 0 Å². The molecule has 1 amide bonds. The zero-order valence-electron chi connectivity index (χ0n) is 10.9. The number of fused-ring (bicyclic) bond motifs is 1. The zero-order valence-corrected chi connectivity index (χ0v) is 12.5. The van der Waals surface area contributed by atoms with Gasteiger partial charge in [0.25, 0.3) is 0 Å². The van der Waals surface area contributed by atoms with Crippen LogP contribution in [0.1, 0.15) is 24.9 Å². The van der Waals surface area contributed by atoms with E-state index < -0.39 is 6.04 Å². The number of benzene rings is 1. The van der Waals surface area contributed by atoms with Crippen molar-refractivity contribution in [1.82, 2.24) is 0 Å². The molecule has 4 nitrogen and oxygen atoms in total. The van der Waals surface area contributed by atoms with Gasteiger partial charge in [-0.05, 0) is 34.5 Å². The number of nitrogens with two attached hydrogens (primary N) is 1. The zero-order chi connectivity index (χ0) is 14.0. The van der Waals surface area contributed by atoms with Crippen molar-refractivity contribution in [2.75, 3.05) is 23.3 Å². The Bertz CT molecular complexity index is 516. The van der Waals surface area contributed by atoms with Gasteiger partial charge >= 0.3 is 0 Å². The standard InChI is InChI=1S/C14H18BrN3O/c1-3-5-18(6-4-2)12-8-11-9(7-10(12)15)13(16)14(19)17-11/h3,7-8,13H,1,4-6,16H2,2H3,(H,17,19). The highest BCUT2D eigenvalue weighted by Crippen LogP contribution is 2.38. The Morgan fingerprint density at radius 2 is 2.32 bits per heavy atom. The number of carbonyl (C=O) groups excluding carboxylic acids is 1. The SMILES string of the molecule is C=CCN(CCC)c1cc2c(cc1Br)C(N)C(=O)N2. The maximum Gasteiger partial charge on any atom is 0.245 e. The number of amides is 1. The van der Waals surface area contributed by atoms with Crippen molar-refractivity contribution >= 4 is 33.2 Å².